The van der Waals surface area contributed by atoms with E-state index in [-0.39, 0.29) is 5.69 Å². The fourth-order valence-electron chi connectivity index (χ4n) is 1.19. The monoisotopic (exact) mass is 289 g/mol. The molecule has 2 rings (SSSR count). The van der Waals surface area contributed by atoms with Crippen LogP contribution in [0.25, 0.3) is 10.1 Å². The van der Waals surface area contributed by atoms with Crippen molar-refractivity contribution in [1.82, 2.24) is 0 Å². The first-order valence-corrected chi connectivity index (χ1v) is 5.70. The number of hydrogen-bond donors (Lipinski definition) is 1. The van der Waals surface area contributed by atoms with Gasteiger partial charge < -0.3 is 0 Å². The fourth-order valence-corrected chi connectivity index (χ4v) is 3.09. The highest BCUT2D eigenvalue weighted by Crippen LogP contribution is 2.36. The van der Waals surface area contributed by atoms with Crippen molar-refractivity contribution in [3.05, 3.63) is 32.8 Å². The molecule has 0 saturated carbocycles. The quantitative estimate of drug-likeness (QED) is 0.492. The molecule has 72 valence electrons. The Hall–Kier alpha value is -0.590. The normalized spacial score (nSPS) is 10.7. The lowest BCUT2D eigenvalue weighted by Crippen LogP contribution is -1.86. The number of hydrogen-bond acceptors (Lipinski definition) is 4. The average molecular weight is 290 g/mol. The van der Waals surface area contributed by atoms with E-state index in [1.54, 1.807) is 6.07 Å². The topological polar surface area (TPSA) is 43.1 Å². The van der Waals surface area contributed by atoms with E-state index in [1.807, 2.05) is 6.07 Å². The van der Waals surface area contributed by atoms with E-state index in [0.717, 1.165) is 18.8 Å². The molecule has 0 amide bonds. The van der Waals surface area contributed by atoms with Crippen LogP contribution in [-0.4, -0.2) is 4.92 Å². The maximum absolute atomic E-state index is 10.6. The molecule has 0 fully saturated rings. The third kappa shape index (κ3) is 1.65. The Morgan fingerprint density at radius 1 is 1.43 bits per heavy atom. The van der Waals surface area contributed by atoms with Crippen molar-refractivity contribution in [2.45, 2.75) is 4.21 Å². The summed E-state index contributed by atoms with van der Waals surface area (Å²) in [4.78, 5) is 10.2. The number of nitro groups is 1. The number of rotatable bonds is 1. The SMILES string of the molecule is O=[N+]([O-])c1cc(Br)c2sc(S)cc2c1. The lowest BCUT2D eigenvalue weighted by molar-refractivity contribution is -0.384. The molecule has 0 radical (unpaired) electrons. The van der Waals surface area contributed by atoms with Gasteiger partial charge in [-0.25, -0.2) is 0 Å². The Bertz CT molecular complexity index is 523. The summed E-state index contributed by atoms with van der Waals surface area (Å²) in [6.45, 7) is 0. The van der Waals surface area contributed by atoms with Crippen LogP contribution >= 0.6 is 39.9 Å². The number of nitro benzene ring substituents is 1. The highest BCUT2D eigenvalue weighted by Gasteiger charge is 2.11. The zero-order valence-corrected chi connectivity index (χ0v) is 10.0. The van der Waals surface area contributed by atoms with Gasteiger partial charge in [-0.15, -0.1) is 24.0 Å². The number of thiol groups is 1. The molecule has 0 unspecified atom stereocenters. The smallest absolute Gasteiger partial charge is 0.258 e. The van der Waals surface area contributed by atoms with Crippen LogP contribution in [0.5, 0.6) is 0 Å². The van der Waals surface area contributed by atoms with E-state index in [0.29, 0.717) is 0 Å². The maximum Gasteiger partial charge on any atom is 0.271 e. The third-order valence-corrected chi connectivity index (χ3v) is 4.03. The van der Waals surface area contributed by atoms with E-state index in [4.69, 9.17) is 0 Å². The number of fused-ring (bicyclic) bond motifs is 1. The van der Waals surface area contributed by atoms with Crippen molar-refractivity contribution in [1.29, 1.82) is 0 Å². The second-order valence-corrected chi connectivity index (χ2v) is 5.38. The molecule has 0 spiro atoms. The third-order valence-electron chi connectivity index (χ3n) is 1.75. The highest BCUT2D eigenvalue weighted by molar-refractivity contribution is 9.10. The van der Waals surface area contributed by atoms with Crippen molar-refractivity contribution in [2.24, 2.45) is 0 Å². The first-order valence-electron chi connectivity index (χ1n) is 3.64. The zero-order chi connectivity index (χ0) is 10.3. The number of benzene rings is 1. The number of nitrogens with zero attached hydrogens (tertiary/aromatic N) is 1. The van der Waals surface area contributed by atoms with Crippen LogP contribution in [0.4, 0.5) is 5.69 Å². The molecular weight excluding hydrogens is 286 g/mol. The minimum Gasteiger partial charge on any atom is -0.258 e. The standard InChI is InChI=1S/C8H4BrNO2S2/c9-6-3-5(10(11)12)1-4-2-7(13)14-8(4)6/h1-3,13H. The van der Waals surface area contributed by atoms with Crippen molar-refractivity contribution in [3.63, 3.8) is 0 Å². The lowest BCUT2D eigenvalue weighted by Gasteiger charge is -1.94. The second-order valence-electron chi connectivity index (χ2n) is 2.69. The number of thiophene rings is 1. The number of non-ortho nitro benzene ring substituents is 1. The van der Waals surface area contributed by atoms with Gasteiger partial charge in [-0.3, -0.25) is 10.1 Å². The van der Waals surface area contributed by atoms with Crippen LogP contribution in [0.3, 0.4) is 0 Å². The Morgan fingerprint density at radius 2 is 2.14 bits per heavy atom. The van der Waals surface area contributed by atoms with Gasteiger partial charge in [0.2, 0.25) is 0 Å². The summed E-state index contributed by atoms with van der Waals surface area (Å²) in [7, 11) is 0. The molecule has 3 nitrogen and oxygen atoms in total. The summed E-state index contributed by atoms with van der Waals surface area (Å²) in [5.41, 5.74) is 0.0931. The molecule has 0 saturated heterocycles. The van der Waals surface area contributed by atoms with Crippen LogP contribution in [0, 0.1) is 10.1 Å². The van der Waals surface area contributed by atoms with Gasteiger partial charge in [0.05, 0.1) is 13.8 Å². The van der Waals surface area contributed by atoms with Crippen molar-refractivity contribution in [3.8, 4) is 0 Å². The molecule has 0 N–H and O–H groups in total. The van der Waals surface area contributed by atoms with Crippen LogP contribution < -0.4 is 0 Å². The molecule has 0 aliphatic rings. The Labute approximate surface area is 97.4 Å². The largest absolute Gasteiger partial charge is 0.271 e. The van der Waals surface area contributed by atoms with Gasteiger partial charge in [0.15, 0.2) is 0 Å². The molecule has 6 heteroatoms. The van der Waals surface area contributed by atoms with E-state index < -0.39 is 4.92 Å². The molecule has 0 atom stereocenters. The van der Waals surface area contributed by atoms with Gasteiger partial charge in [-0.05, 0) is 22.0 Å². The summed E-state index contributed by atoms with van der Waals surface area (Å²) >= 11 is 9.00. The van der Waals surface area contributed by atoms with Crippen LogP contribution in [0.1, 0.15) is 0 Å². The van der Waals surface area contributed by atoms with Gasteiger partial charge in [0.1, 0.15) is 0 Å². The molecule has 1 heterocycles. The molecule has 0 aliphatic heterocycles. The fraction of sp³-hybridized carbons (Fsp3) is 0. The Morgan fingerprint density at radius 3 is 2.79 bits per heavy atom. The molecule has 1 aromatic carbocycles. The summed E-state index contributed by atoms with van der Waals surface area (Å²) in [6, 6.07) is 4.88. The first kappa shape index (κ1) is 9.95. The number of halogens is 1. The van der Waals surface area contributed by atoms with Gasteiger partial charge >= 0.3 is 0 Å². The predicted octanol–water partition coefficient (Wildman–Crippen LogP) is 3.86. The highest BCUT2D eigenvalue weighted by atomic mass is 79.9. The maximum atomic E-state index is 10.6. The van der Waals surface area contributed by atoms with Crippen LogP contribution in [0.2, 0.25) is 0 Å². The van der Waals surface area contributed by atoms with Gasteiger partial charge in [-0.1, -0.05) is 0 Å². The van der Waals surface area contributed by atoms with E-state index >= 15 is 0 Å². The summed E-state index contributed by atoms with van der Waals surface area (Å²) in [5, 5.41) is 11.4. The first-order chi connectivity index (χ1) is 6.58. The van der Waals surface area contributed by atoms with Crippen molar-refractivity contribution in [2.75, 3.05) is 0 Å². The molecule has 1 aromatic heterocycles. The van der Waals surface area contributed by atoms with E-state index in [2.05, 4.69) is 28.6 Å². The van der Waals surface area contributed by atoms with Crippen molar-refractivity contribution < 1.29 is 4.92 Å². The second kappa shape index (κ2) is 3.52. The van der Waals surface area contributed by atoms with E-state index in [1.165, 1.54) is 17.4 Å². The van der Waals surface area contributed by atoms with Gasteiger partial charge in [0, 0.05) is 22.0 Å². The average Bonchev–Trinajstić information content (AvgIpc) is 2.45. The van der Waals surface area contributed by atoms with Crippen LogP contribution in [0.15, 0.2) is 26.9 Å². The Kier molecular flexibility index (Phi) is 2.50. The molecule has 0 aliphatic carbocycles. The molecular formula is C8H4BrNO2S2. The van der Waals surface area contributed by atoms with Crippen molar-refractivity contribution >= 4 is 55.7 Å². The minimum atomic E-state index is -0.403. The van der Waals surface area contributed by atoms with Gasteiger partial charge in [-0.2, -0.15) is 0 Å². The zero-order valence-electron chi connectivity index (χ0n) is 6.73. The summed E-state index contributed by atoms with van der Waals surface area (Å²) in [5.74, 6) is 0. The molecule has 2 aromatic rings. The lowest BCUT2D eigenvalue weighted by atomic mass is 10.2. The Balaban J connectivity index is 2.77. The van der Waals surface area contributed by atoms with Gasteiger partial charge in [0.25, 0.3) is 5.69 Å². The minimum absolute atomic E-state index is 0.0931. The van der Waals surface area contributed by atoms with E-state index in [9.17, 15) is 10.1 Å². The predicted molar refractivity (Wildman–Crippen MR) is 63.4 cm³/mol. The summed E-state index contributed by atoms with van der Waals surface area (Å²) < 4.78 is 2.58. The summed E-state index contributed by atoms with van der Waals surface area (Å²) in [6.07, 6.45) is 0. The molecule has 0 bridgehead atoms. The molecule has 14 heavy (non-hydrogen) atoms. The van der Waals surface area contributed by atoms with Crippen LogP contribution in [-0.2, 0) is 0 Å².